The number of anilines is 1. The topological polar surface area (TPSA) is 61.4 Å². The minimum Gasteiger partial charge on any atom is -0.506 e. The van der Waals surface area contributed by atoms with Crippen molar-refractivity contribution in [3.63, 3.8) is 0 Å². The summed E-state index contributed by atoms with van der Waals surface area (Å²) in [5.74, 6) is -0.0264. The third-order valence-electron chi connectivity index (χ3n) is 2.80. The Balaban J connectivity index is 1.84. The zero-order valence-corrected chi connectivity index (χ0v) is 13.4. The molecule has 0 atom stereocenters. The number of carbonyl (C=O) groups is 1. The monoisotopic (exact) mass is 368 g/mol. The van der Waals surface area contributed by atoms with Crippen molar-refractivity contribution in [2.45, 2.75) is 6.42 Å². The van der Waals surface area contributed by atoms with Crippen LogP contribution in [0.1, 0.15) is 5.56 Å². The van der Waals surface area contributed by atoms with E-state index in [1.54, 1.807) is 6.07 Å². The van der Waals surface area contributed by atoms with Crippen molar-refractivity contribution >= 4 is 39.2 Å². The van der Waals surface area contributed by atoms with E-state index >= 15 is 0 Å². The molecule has 3 N–H and O–H groups in total. The second-order valence-electron chi connectivity index (χ2n) is 4.42. The lowest BCUT2D eigenvalue weighted by molar-refractivity contribution is 0.252. The van der Waals surface area contributed by atoms with Gasteiger partial charge >= 0.3 is 6.03 Å². The zero-order chi connectivity index (χ0) is 15.2. The molecular formula is C15H14BrClN2O2. The molecule has 0 spiro atoms. The summed E-state index contributed by atoms with van der Waals surface area (Å²) in [6, 6.07) is 12.0. The fourth-order valence-corrected chi connectivity index (χ4v) is 2.41. The fourth-order valence-electron chi connectivity index (χ4n) is 1.79. The maximum absolute atomic E-state index is 11.7. The van der Waals surface area contributed by atoms with Crippen LogP contribution in [0.2, 0.25) is 5.02 Å². The van der Waals surface area contributed by atoms with Crippen molar-refractivity contribution in [2.24, 2.45) is 0 Å². The Morgan fingerprint density at radius 3 is 2.81 bits per heavy atom. The highest BCUT2D eigenvalue weighted by Crippen LogP contribution is 2.26. The molecule has 0 bridgehead atoms. The van der Waals surface area contributed by atoms with E-state index in [-0.39, 0.29) is 17.5 Å². The number of aromatic hydroxyl groups is 1. The van der Waals surface area contributed by atoms with E-state index in [1.165, 1.54) is 12.1 Å². The van der Waals surface area contributed by atoms with Crippen LogP contribution in [-0.4, -0.2) is 17.7 Å². The fraction of sp³-hybridized carbons (Fsp3) is 0.133. The molecule has 2 aromatic rings. The number of carbonyl (C=O) groups excluding carboxylic acids is 1. The maximum atomic E-state index is 11.7. The van der Waals surface area contributed by atoms with Gasteiger partial charge in [-0.25, -0.2) is 4.79 Å². The van der Waals surface area contributed by atoms with Gasteiger partial charge in [0.25, 0.3) is 0 Å². The summed E-state index contributed by atoms with van der Waals surface area (Å²) in [5.41, 5.74) is 1.40. The summed E-state index contributed by atoms with van der Waals surface area (Å²) in [4.78, 5) is 11.7. The first-order chi connectivity index (χ1) is 10.0. The summed E-state index contributed by atoms with van der Waals surface area (Å²) >= 11 is 9.21. The van der Waals surface area contributed by atoms with Crippen molar-refractivity contribution in [1.82, 2.24) is 5.32 Å². The van der Waals surface area contributed by atoms with Crippen LogP contribution in [0.4, 0.5) is 10.5 Å². The van der Waals surface area contributed by atoms with E-state index in [0.717, 1.165) is 10.0 Å². The molecule has 0 aliphatic rings. The average molecular weight is 370 g/mol. The Morgan fingerprint density at radius 1 is 1.24 bits per heavy atom. The number of halogens is 2. The van der Waals surface area contributed by atoms with E-state index < -0.39 is 0 Å². The van der Waals surface area contributed by atoms with Gasteiger partial charge in [-0.15, -0.1) is 0 Å². The lowest BCUT2D eigenvalue weighted by Gasteiger charge is -2.09. The minimum absolute atomic E-state index is 0.0264. The molecule has 0 heterocycles. The van der Waals surface area contributed by atoms with Crippen LogP contribution in [0.15, 0.2) is 46.9 Å². The van der Waals surface area contributed by atoms with Crippen molar-refractivity contribution in [3.8, 4) is 5.75 Å². The summed E-state index contributed by atoms with van der Waals surface area (Å²) < 4.78 is 1.01. The number of benzene rings is 2. The highest BCUT2D eigenvalue weighted by Gasteiger charge is 2.06. The highest BCUT2D eigenvalue weighted by molar-refractivity contribution is 9.10. The highest BCUT2D eigenvalue weighted by atomic mass is 79.9. The first kappa shape index (κ1) is 15.7. The van der Waals surface area contributed by atoms with E-state index in [2.05, 4.69) is 26.6 Å². The van der Waals surface area contributed by atoms with Crippen LogP contribution in [0.25, 0.3) is 0 Å². The van der Waals surface area contributed by atoms with Crippen molar-refractivity contribution in [2.75, 3.05) is 11.9 Å². The molecule has 0 radical (unpaired) electrons. The number of nitrogens with one attached hydrogen (secondary N) is 2. The molecule has 0 fully saturated rings. The lowest BCUT2D eigenvalue weighted by Crippen LogP contribution is -2.30. The van der Waals surface area contributed by atoms with E-state index in [0.29, 0.717) is 18.0 Å². The van der Waals surface area contributed by atoms with Gasteiger partial charge in [0.2, 0.25) is 0 Å². The molecule has 2 aromatic carbocycles. The summed E-state index contributed by atoms with van der Waals surface area (Å²) in [6.07, 6.45) is 0.717. The van der Waals surface area contributed by atoms with Gasteiger partial charge in [-0.2, -0.15) is 0 Å². The second kappa shape index (κ2) is 7.33. The molecule has 21 heavy (non-hydrogen) atoms. The van der Waals surface area contributed by atoms with Crippen LogP contribution >= 0.6 is 27.5 Å². The lowest BCUT2D eigenvalue weighted by atomic mass is 10.1. The van der Waals surface area contributed by atoms with Crippen molar-refractivity contribution in [3.05, 3.63) is 57.5 Å². The van der Waals surface area contributed by atoms with E-state index in [9.17, 15) is 9.90 Å². The first-order valence-electron chi connectivity index (χ1n) is 6.32. The predicted molar refractivity (Wildman–Crippen MR) is 88.0 cm³/mol. The Labute approximate surface area is 136 Å². The summed E-state index contributed by atoms with van der Waals surface area (Å²) in [6.45, 7) is 0.490. The number of urea groups is 1. The Bertz CT molecular complexity index is 649. The smallest absolute Gasteiger partial charge is 0.319 e. The molecule has 2 rings (SSSR count). The first-order valence-corrected chi connectivity index (χ1v) is 7.49. The molecule has 6 heteroatoms. The summed E-state index contributed by atoms with van der Waals surface area (Å²) in [7, 11) is 0. The number of hydrogen-bond donors (Lipinski definition) is 3. The third kappa shape index (κ3) is 4.95. The van der Waals surface area contributed by atoms with Gasteiger partial charge in [-0.1, -0.05) is 39.7 Å². The van der Waals surface area contributed by atoms with Crippen LogP contribution in [0, 0.1) is 0 Å². The molecular weight excluding hydrogens is 356 g/mol. The third-order valence-corrected chi connectivity index (χ3v) is 3.52. The number of amides is 2. The van der Waals surface area contributed by atoms with Crippen LogP contribution in [0.5, 0.6) is 5.75 Å². The van der Waals surface area contributed by atoms with E-state index in [4.69, 9.17) is 11.6 Å². The number of rotatable bonds is 4. The standard InChI is InChI=1S/C15H14BrClN2O2/c16-11-3-1-2-10(8-11)6-7-18-15(21)19-13-9-12(17)4-5-14(13)20/h1-5,8-9,20H,6-7H2,(H2,18,19,21). The second-order valence-corrected chi connectivity index (χ2v) is 5.77. The van der Waals surface area contributed by atoms with Crippen LogP contribution in [0.3, 0.4) is 0 Å². The predicted octanol–water partition coefficient (Wildman–Crippen LogP) is 4.17. The van der Waals surface area contributed by atoms with E-state index in [1.807, 2.05) is 24.3 Å². The normalized spacial score (nSPS) is 10.2. The molecule has 4 nitrogen and oxygen atoms in total. The Kier molecular flexibility index (Phi) is 5.47. The quantitative estimate of drug-likeness (QED) is 0.708. The van der Waals surface area contributed by atoms with Gasteiger partial charge in [0, 0.05) is 16.0 Å². The number of hydrogen-bond acceptors (Lipinski definition) is 2. The maximum Gasteiger partial charge on any atom is 0.319 e. The Hall–Kier alpha value is -1.72. The number of phenolic OH excluding ortho intramolecular Hbond substituents is 1. The molecule has 0 aliphatic carbocycles. The van der Waals surface area contributed by atoms with Gasteiger partial charge in [0.15, 0.2) is 0 Å². The van der Waals surface area contributed by atoms with Crippen LogP contribution in [-0.2, 0) is 6.42 Å². The molecule has 0 saturated carbocycles. The molecule has 0 saturated heterocycles. The molecule has 2 amide bonds. The van der Waals surface area contributed by atoms with Gasteiger partial charge in [-0.3, -0.25) is 0 Å². The molecule has 110 valence electrons. The van der Waals surface area contributed by atoms with Gasteiger partial charge < -0.3 is 15.7 Å². The van der Waals surface area contributed by atoms with Gasteiger partial charge in [0.1, 0.15) is 5.75 Å². The largest absolute Gasteiger partial charge is 0.506 e. The van der Waals surface area contributed by atoms with Crippen LogP contribution < -0.4 is 10.6 Å². The molecule has 0 aromatic heterocycles. The summed E-state index contributed by atoms with van der Waals surface area (Å²) in [5, 5.41) is 15.3. The van der Waals surface area contributed by atoms with Gasteiger partial charge in [-0.05, 0) is 42.3 Å². The minimum atomic E-state index is -0.387. The van der Waals surface area contributed by atoms with Crippen molar-refractivity contribution in [1.29, 1.82) is 0 Å². The molecule has 0 aliphatic heterocycles. The SMILES string of the molecule is O=C(NCCc1cccc(Br)c1)Nc1cc(Cl)ccc1O. The Morgan fingerprint density at radius 2 is 2.05 bits per heavy atom. The van der Waals surface area contributed by atoms with Crippen molar-refractivity contribution < 1.29 is 9.90 Å². The average Bonchev–Trinajstić information content (AvgIpc) is 2.43. The zero-order valence-electron chi connectivity index (χ0n) is 11.1. The van der Waals surface area contributed by atoms with Gasteiger partial charge in [0.05, 0.1) is 5.69 Å². The number of phenols is 1. The molecule has 0 unspecified atom stereocenters.